The summed E-state index contributed by atoms with van der Waals surface area (Å²) in [4.78, 5) is 14.2. The molecule has 0 saturated heterocycles. The van der Waals surface area contributed by atoms with Crippen LogP contribution in [-0.4, -0.2) is 29.6 Å². The van der Waals surface area contributed by atoms with E-state index in [2.05, 4.69) is 14.9 Å². The molecule has 8 nitrogen and oxygen atoms in total. The number of rotatable bonds is 5. The number of hydrogen-bond donors (Lipinski definition) is 2. The van der Waals surface area contributed by atoms with E-state index in [1.54, 1.807) is 6.92 Å². The molecule has 20 heavy (non-hydrogen) atoms. The number of sulfonamides is 1. The molecule has 0 bridgehead atoms. The van der Waals surface area contributed by atoms with Gasteiger partial charge >= 0.3 is 5.97 Å². The fraction of sp³-hybridized carbons (Fsp3) is 0.182. The van der Waals surface area contributed by atoms with Crippen molar-refractivity contribution in [3.63, 3.8) is 0 Å². The average Bonchev–Trinajstić information content (AvgIpc) is 2.73. The van der Waals surface area contributed by atoms with Crippen LogP contribution >= 0.6 is 0 Å². The summed E-state index contributed by atoms with van der Waals surface area (Å²) < 4.78 is 30.8. The molecule has 0 atom stereocenters. The molecule has 0 spiro atoms. The molecule has 106 valence electrons. The van der Waals surface area contributed by atoms with E-state index in [1.807, 2.05) is 0 Å². The molecule has 0 aliphatic rings. The molecular formula is C11H11N3O5S. The van der Waals surface area contributed by atoms with Crippen molar-refractivity contribution in [3.05, 3.63) is 41.5 Å². The molecule has 2 aromatic rings. The zero-order valence-electron chi connectivity index (χ0n) is 10.4. The van der Waals surface area contributed by atoms with Crippen LogP contribution in [0.4, 0.5) is 5.69 Å². The Morgan fingerprint density at radius 1 is 1.45 bits per heavy atom. The Labute approximate surface area is 114 Å². The van der Waals surface area contributed by atoms with Crippen LogP contribution < -0.4 is 4.72 Å². The predicted molar refractivity (Wildman–Crippen MR) is 68.7 cm³/mol. The van der Waals surface area contributed by atoms with Crippen molar-refractivity contribution in [2.45, 2.75) is 12.7 Å². The topological polar surface area (TPSA) is 122 Å². The van der Waals surface area contributed by atoms with E-state index in [0.717, 1.165) is 6.20 Å². The summed E-state index contributed by atoms with van der Waals surface area (Å²) in [7, 11) is -3.67. The lowest BCUT2D eigenvalue weighted by Crippen LogP contribution is -2.15. The number of pyridine rings is 1. The zero-order chi connectivity index (χ0) is 14.8. The lowest BCUT2D eigenvalue weighted by Gasteiger charge is -2.06. The summed E-state index contributed by atoms with van der Waals surface area (Å²) in [6.07, 6.45) is 1.13. The number of carboxylic acid groups (broad SMARTS) is 1. The molecule has 2 rings (SSSR count). The number of aryl methyl sites for hydroxylation is 1. The van der Waals surface area contributed by atoms with Crippen LogP contribution in [0.5, 0.6) is 0 Å². The van der Waals surface area contributed by atoms with Crippen molar-refractivity contribution in [1.82, 2.24) is 10.1 Å². The van der Waals surface area contributed by atoms with Crippen LogP contribution in [0, 0.1) is 6.92 Å². The first-order valence-corrected chi connectivity index (χ1v) is 7.13. The van der Waals surface area contributed by atoms with Crippen LogP contribution in [0.15, 0.2) is 28.9 Å². The van der Waals surface area contributed by atoms with Gasteiger partial charge in [0.25, 0.3) is 0 Å². The molecule has 2 aromatic heterocycles. The number of aromatic carboxylic acids is 1. The highest BCUT2D eigenvalue weighted by atomic mass is 32.2. The SMILES string of the molecule is Cc1cc(CS(=O)(=O)Nc2ccc(C(=O)O)nc2)no1. The number of hydrogen-bond acceptors (Lipinski definition) is 6. The van der Waals surface area contributed by atoms with Crippen LogP contribution in [0.3, 0.4) is 0 Å². The largest absolute Gasteiger partial charge is 0.477 e. The minimum atomic E-state index is -3.67. The van der Waals surface area contributed by atoms with Crippen molar-refractivity contribution in [2.24, 2.45) is 0 Å². The van der Waals surface area contributed by atoms with Gasteiger partial charge in [-0.05, 0) is 19.1 Å². The summed E-state index contributed by atoms with van der Waals surface area (Å²) in [5, 5.41) is 12.3. The Hall–Kier alpha value is -2.42. The predicted octanol–water partition coefficient (Wildman–Crippen LogP) is 1.02. The van der Waals surface area contributed by atoms with Gasteiger partial charge < -0.3 is 9.63 Å². The van der Waals surface area contributed by atoms with Crippen LogP contribution in [0.1, 0.15) is 21.9 Å². The third-order valence-corrected chi connectivity index (χ3v) is 3.49. The second-order valence-electron chi connectivity index (χ2n) is 4.03. The minimum Gasteiger partial charge on any atom is -0.477 e. The van der Waals surface area contributed by atoms with E-state index in [-0.39, 0.29) is 22.8 Å². The van der Waals surface area contributed by atoms with E-state index in [4.69, 9.17) is 9.63 Å². The van der Waals surface area contributed by atoms with Crippen molar-refractivity contribution in [2.75, 3.05) is 4.72 Å². The zero-order valence-corrected chi connectivity index (χ0v) is 11.2. The third-order valence-electron chi connectivity index (χ3n) is 2.27. The fourth-order valence-corrected chi connectivity index (χ4v) is 2.55. The van der Waals surface area contributed by atoms with Gasteiger partial charge in [0.1, 0.15) is 22.9 Å². The summed E-state index contributed by atoms with van der Waals surface area (Å²) in [5.74, 6) is -1.01. The fourth-order valence-electron chi connectivity index (χ4n) is 1.48. The molecule has 0 radical (unpaired) electrons. The molecule has 9 heteroatoms. The summed E-state index contributed by atoms with van der Waals surface area (Å²) in [6, 6.07) is 4.05. The van der Waals surface area contributed by atoms with Crippen molar-refractivity contribution in [3.8, 4) is 0 Å². The summed E-state index contributed by atoms with van der Waals surface area (Å²) in [6.45, 7) is 1.66. The lowest BCUT2D eigenvalue weighted by atomic mass is 10.3. The van der Waals surface area contributed by atoms with Crippen molar-refractivity contribution >= 4 is 21.7 Å². The van der Waals surface area contributed by atoms with Crippen LogP contribution in [0.2, 0.25) is 0 Å². The number of carboxylic acids is 1. The van der Waals surface area contributed by atoms with Crippen molar-refractivity contribution in [1.29, 1.82) is 0 Å². The van der Waals surface area contributed by atoms with E-state index < -0.39 is 16.0 Å². The molecule has 0 aromatic carbocycles. The highest BCUT2D eigenvalue weighted by Gasteiger charge is 2.15. The Balaban J connectivity index is 2.09. The average molecular weight is 297 g/mol. The van der Waals surface area contributed by atoms with Gasteiger partial charge in [-0.15, -0.1) is 0 Å². The molecule has 0 saturated carbocycles. The third kappa shape index (κ3) is 3.54. The first kappa shape index (κ1) is 14.0. The van der Waals surface area contributed by atoms with E-state index in [1.165, 1.54) is 18.2 Å². The molecule has 0 fully saturated rings. The summed E-state index contributed by atoms with van der Waals surface area (Å²) >= 11 is 0. The second kappa shape index (κ2) is 5.29. The van der Waals surface area contributed by atoms with Crippen LogP contribution in [-0.2, 0) is 15.8 Å². The standard InChI is InChI=1S/C11H11N3O5S/c1-7-4-9(13-19-7)6-20(17,18)14-8-2-3-10(11(15)16)12-5-8/h2-5,14H,6H2,1H3,(H,15,16). The molecule has 0 unspecified atom stereocenters. The first-order chi connectivity index (χ1) is 9.35. The van der Waals surface area contributed by atoms with Gasteiger partial charge in [0.15, 0.2) is 0 Å². The van der Waals surface area contributed by atoms with E-state index in [0.29, 0.717) is 5.76 Å². The number of anilines is 1. The molecule has 0 aliphatic carbocycles. The van der Waals surface area contributed by atoms with Gasteiger partial charge in [0, 0.05) is 6.07 Å². The van der Waals surface area contributed by atoms with Gasteiger partial charge in [-0.1, -0.05) is 5.16 Å². The molecule has 2 heterocycles. The molecule has 0 aliphatic heterocycles. The van der Waals surface area contributed by atoms with Gasteiger partial charge in [-0.2, -0.15) is 0 Å². The number of carbonyl (C=O) groups is 1. The monoisotopic (exact) mass is 297 g/mol. The van der Waals surface area contributed by atoms with Gasteiger partial charge in [0.2, 0.25) is 10.0 Å². The number of nitrogens with one attached hydrogen (secondary N) is 1. The Kier molecular flexibility index (Phi) is 3.70. The lowest BCUT2D eigenvalue weighted by molar-refractivity contribution is 0.0690. The highest BCUT2D eigenvalue weighted by Crippen LogP contribution is 2.12. The van der Waals surface area contributed by atoms with Crippen LogP contribution in [0.25, 0.3) is 0 Å². The molecule has 0 amide bonds. The van der Waals surface area contributed by atoms with E-state index >= 15 is 0 Å². The Morgan fingerprint density at radius 2 is 2.20 bits per heavy atom. The van der Waals surface area contributed by atoms with Gasteiger partial charge in [-0.25, -0.2) is 18.2 Å². The van der Waals surface area contributed by atoms with Gasteiger partial charge in [0.05, 0.1) is 11.9 Å². The highest BCUT2D eigenvalue weighted by molar-refractivity contribution is 7.91. The quantitative estimate of drug-likeness (QED) is 0.844. The minimum absolute atomic E-state index is 0.167. The maximum Gasteiger partial charge on any atom is 0.354 e. The second-order valence-corrected chi connectivity index (χ2v) is 5.75. The molecule has 2 N–H and O–H groups in total. The number of aromatic nitrogens is 2. The van der Waals surface area contributed by atoms with Crippen molar-refractivity contribution < 1.29 is 22.8 Å². The normalized spacial score (nSPS) is 11.2. The first-order valence-electron chi connectivity index (χ1n) is 5.48. The molecular weight excluding hydrogens is 286 g/mol. The number of nitrogens with zero attached hydrogens (tertiary/aromatic N) is 2. The maximum absolute atomic E-state index is 11.9. The van der Waals surface area contributed by atoms with E-state index in [9.17, 15) is 13.2 Å². The smallest absolute Gasteiger partial charge is 0.354 e. The Bertz CT molecular complexity index is 721. The summed E-state index contributed by atoms with van der Waals surface area (Å²) in [5.41, 5.74) is 0.292. The van der Waals surface area contributed by atoms with Gasteiger partial charge in [-0.3, -0.25) is 4.72 Å². The maximum atomic E-state index is 11.9. The Morgan fingerprint density at radius 3 is 2.70 bits per heavy atom.